The Bertz CT molecular complexity index is 1920. The maximum atomic E-state index is 13.1. The summed E-state index contributed by atoms with van der Waals surface area (Å²) in [4.78, 5) is 72.9. The molecule has 0 aromatic rings. The topological polar surface area (TPSA) is 237 Å². The Hall–Kier alpha value is -1.94. The van der Waals surface area contributed by atoms with Gasteiger partial charge in [-0.1, -0.05) is 351 Å². The van der Waals surface area contributed by atoms with E-state index in [0.717, 1.165) is 114 Å². The van der Waals surface area contributed by atoms with E-state index in [1.807, 2.05) is 0 Å². The fourth-order valence-corrected chi connectivity index (χ4v) is 13.7. The van der Waals surface area contributed by atoms with Gasteiger partial charge < -0.3 is 33.8 Å². The zero-order valence-electron chi connectivity index (χ0n) is 64.4. The first-order valence-corrected chi connectivity index (χ1v) is 43.7. The number of ether oxygens (including phenoxy) is 4. The fraction of sp³-hybridized carbons (Fsp3) is 0.949. The summed E-state index contributed by atoms with van der Waals surface area (Å²) in [6.07, 6.45) is 54.2. The van der Waals surface area contributed by atoms with Gasteiger partial charge in [-0.3, -0.25) is 37.3 Å². The lowest BCUT2D eigenvalue weighted by molar-refractivity contribution is -0.161. The highest BCUT2D eigenvalue weighted by Crippen LogP contribution is 2.45. The third-order valence-electron chi connectivity index (χ3n) is 18.3. The standard InChI is InChI=1S/C79H154O17P2/c1-69(2)55-47-39-31-25-19-13-10-9-11-15-22-28-34-43-51-59-76(81)89-65-74(95-78(83)61-53-45-35-29-23-16-12-14-20-26-32-40-48-56-70(3)4)67-93-97(85,86)91-63-73(80)64-92-98(87,88)94-68-75(66-90-77(82)60-52-44-38-37-42-50-58-72(7)8)96-79(84)62-54-46-36-30-24-18-17-21-27-33-41-49-57-71(5)6/h69-75,80H,9-68H2,1-8H3,(H,85,86)(H,87,88)/t73-,74-,75-/m1/s1. The molecule has 19 heteroatoms. The molecule has 0 amide bonds. The van der Waals surface area contributed by atoms with Gasteiger partial charge in [0.15, 0.2) is 12.2 Å². The predicted molar refractivity (Wildman–Crippen MR) is 400 cm³/mol. The Balaban J connectivity index is 5.23. The molecule has 0 aromatic heterocycles. The molecule has 0 rings (SSSR count). The number of rotatable bonds is 76. The van der Waals surface area contributed by atoms with Crippen molar-refractivity contribution in [3.05, 3.63) is 0 Å². The molecule has 0 saturated heterocycles. The van der Waals surface area contributed by atoms with Gasteiger partial charge >= 0.3 is 39.5 Å². The van der Waals surface area contributed by atoms with E-state index in [1.165, 1.54) is 199 Å². The molecule has 0 radical (unpaired) electrons. The monoisotopic (exact) mass is 1440 g/mol. The van der Waals surface area contributed by atoms with Crippen LogP contribution in [0.1, 0.15) is 402 Å². The second kappa shape index (κ2) is 68.2. The number of unbranched alkanes of at least 4 members (excludes halogenated alkanes) is 42. The van der Waals surface area contributed by atoms with Crippen molar-refractivity contribution in [1.29, 1.82) is 0 Å². The van der Waals surface area contributed by atoms with Crippen LogP contribution in [0.3, 0.4) is 0 Å². The maximum absolute atomic E-state index is 13.1. The van der Waals surface area contributed by atoms with Crippen LogP contribution in [0.4, 0.5) is 0 Å². The minimum Gasteiger partial charge on any atom is -0.462 e. The molecule has 0 spiro atoms. The summed E-state index contributed by atoms with van der Waals surface area (Å²) >= 11 is 0. The van der Waals surface area contributed by atoms with Gasteiger partial charge in [-0.05, 0) is 49.4 Å². The van der Waals surface area contributed by atoms with Crippen LogP contribution in [0.15, 0.2) is 0 Å². The minimum atomic E-state index is -4.96. The highest BCUT2D eigenvalue weighted by Gasteiger charge is 2.30. The number of hydrogen-bond donors (Lipinski definition) is 3. The van der Waals surface area contributed by atoms with Crippen molar-refractivity contribution in [2.24, 2.45) is 23.7 Å². The molecule has 0 aliphatic carbocycles. The molecular formula is C79H154O17P2. The number of esters is 4. The van der Waals surface area contributed by atoms with Gasteiger partial charge in [0.05, 0.1) is 26.4 Å². The quantitative estimate of drug-likeness (QED) is 0.0222. The molecule has 0 bridgehead atoms. The number of phosphoric acid groups is 2. The van der Waals surface area contributed by atoms with E-state index in [1.54, 1.807) is 0 Å². The van der Waals surface area contributed by atoms with Crippen LogP contribution in [-0.2, 0) is 65.4 Å². The van der Waals surface area contributed by atoms with Crippen molar-refractivity contribution in [3.8, 4) is 0 Å². The number of phosphoric ester groups is 2. The van der Waals surface area contributed by atoms with Crippen LogP contribution < -0.4 is 0 Å². The highest BCUT2D eigenvalue weighted by atomic mass is 31.2. The lowest BCUT2D eigenvalue weighted by atomic mass is 10.0. The first-order chi connectivity index (χ1) is 47.1. The van der Waals surface area contributed by atoms with Gasteiger partial charge in [-0.15, -0.1) is 0 Å². The Labute approximate surface area is 600 Å². The van der Waals surface area contributed by atoms with Gasteiger partial charge in [0.25, 0.3) is 0 Å². The largest absolute Gasteiger partial charge is 0.472 e. The van der Waals surface area contributed by atoms with Crippen LogP contribution in [0.25, 0.3) is 0 Å². The van der Waals surface area contributed by atoms with E-state index in [4.69, 9.17) is 37.0 Å². The Kier molecular flexibility index (Phi) is 66.8. The summed E-state index contributed by atoms with van der Waals surface area (Å²) in [6.45, 7) is 14.2. The molecule has 5 atom stereocenters. The fourth-order valence-electron chi connectivity index (χ4n) is 12.1. The number of hydrogen-bond acceptors (Lipinski definition) is 15. The minimum absolute atomic E-state index is 0.105. The van der Waals surface area contributed by atoms with E-state index in [0.29, 0.717) is 31.6 Å². The molecule has 98 heavy (non-hydrogen) atoms. The van der Waals surface area contributed by atoms with Crippen molar-refractivity contribution in [2.45, 2.75) is 420 Å². The molecule has 582 valence electrons. The number of carbonyl (C=O) groups excluding carboxylic acids is 4. The first kappa shape index (κ1) is 96.1. The van der Waals surface area contributed by atoms with Gasteiger partial charge in [-0.25, -0.2) is 9.13 Å². The second-order valence-corrected chi connectivity index (χ2v) is 33.3. The Morgan fingerprint density at radius 2 is 0.429 bits per heavy atom. The number of aliphatic hydroxyl groups excluding tert-OH is 1. The maximum Gasteiger partial charge on any atom is 0.472 e. The summed E-state index contributed by atoms with van der Waals surface area (Å²) in [5, 5.41) is 10.6. The Morgan fingerprint density at radius 3 is 0.633 bits per heavy atom. The molecule has 3 N–H and O–H groups in total. The zero-order valence-corrected chi connectivity index (χ0v) is 66.2. The third-order valence-corrected chi connectivity index (χ3v) is 20.2. The van der Waals surface area contributed by atoms with Gasteiger partial charge in [0.1, 0.15) is 19.3 Å². The average molecular weight is 1440 g/mol. The van der Waals surface area contributed by atoms with Crippen LogP contribution in [0, 0.1) is 23.7 Å². The van der Waals surface area contributed by atoms with Crippen molar-refractivity contribution in [2.75, 3.05) is 39.6 Å². The summed E-state index contributed by atoms with van der Waals surface area (Å²) in [6, 6.07) is 0. The smallest absolute Gasteiger partial charge is 0.462 e. The van der Waals surface area contributed by atoms with E-state index in [-0.39, 0.29) is 25.7 Å². The summed E-state index contributed by atoms with van der Waals surface area (Å²) in [7, 11) is -9.92. The molecule has 0 saturated carbocycles. The summed E-state index contributed by atoms with van der Waals surface area (Å²) < 4.78 is 68.6. The zero-order chi connectivity index (χ0) is 72.4. The third kappa shape index (κ3) is 72.4. The predicted octanol–water partition coefficient (Wildman–Crippen LogP) is 23.2. The normalized spacial score (nSPS) is 14.1. The van der Waals surface area contributed by atoms with E-state index in [2.05, 4.69) is 55.4 Å². The van der Waals surface area contributed by atoms with Gasteiger partial charge in [-0.2, -0.15) is 0 Å². The van der Waals surface area contributed by atoms with Crippen LogP contribution in [0.2, 0.25) is 0 Å². The van der Waals surface area contributed by atoms with Crippen molar-refractivity contribution in [3.63, 3.8) is 0 Å². The first-order valence-electron chi connectivity index (χ1n) is 40.7. The molecule has 0 aromatic carbocycles. The van der Waals surface area contributed by atoms with Crippen LogP contribution >= 0.6 is 15.6 Å². The molecular weight excluding hydrogens is 1280 g/mol. The highest BCUT2D eigenvalue weighted by molar-refractivity contribution is 7.47. The van der Waals surface area contributed by atoms with Gasteiger partial charge in [0, 0.05) is 25.7 Å². The van der Waals surface area contributed by atoms with Crippen molar-refractivity contribution < 1.29 is 80.2 Å². The lowest BCUT2D eigenvalue weighted by Crippen LogP contribution is -2.30. The molecule has 0 aliphatic rings. The lowest BCUT2D eigenvalue weighted by Gasteiger charge is -2.21. The molecule has 17 nitrogen and oxygen atoms in total. The van der Waals surface area contributed by atoms with Crippen molar-refractivity contribution in [1.82, 2.24) is 0 Å². The second-order valence-electron chi connectivity index (χ2n) is 30.4. The molecule has 0 fully saturated rings. The van der Waals surface area contributed by atoms with Gasteiger partial charge in [0.2, 0.25) is 0 Å². The van der Waals surface area contributed by atoms with Crippen LogP contribution in [0.5, 0.6) is 0 Å². The summed E-state index contributed by atoms with van der Waals surface area (Å²) in [5.74, 6) is 0.931. The number of carbonyl (C=O) groups is 4. The van der Waals surface area contributed by atoms with E-state index in [9.17, 15) is 43.2 Å². The van der Waals surface area contributed by atoms with E-state index >= 15 is 0 Å². The van der Waals surface area contributed by atoms with Crippen molar-refractivity contribution >= 4 is 39.5 Å². The van der Waals surface area contributed by atoms with E-state index < -0.39 is 97.5 Å². The van der Waals surface area contributed by atoms with Crippen LogP contribution in [-0.4, -0.2) is 96.7 Å². The average Bonchev–Trinajstić information content (AvgIpc) is 0.982. The molecule has 0 aliphatic heterocycles. The summed E-state index contributed by atoms with van der Waals surface area (Å²) in [5.41, 5.74) is 0. The Morgan fingerprint density at radius 1 is 0.255 bits per heavy atom. The number of aliphatic hydroxyl groups is 1. The SMILES string of the molecule is CC(C)CCCCCCCCCCCCCCCCCC(=O)OC[C@H](COP(=O)(O)OC[C@@H](O)COP(=O)(O)OC[C@@H](COC(=O)CCCCCCCCC(C)C)OC(=O)CCCCCCCCCCCCCCC(C)C)OC(=O)CCCCCCCCCCCCCCCC(C)C. The molecule has 2 unspecified atom stereocenters. The molecule has 0 heterocycles.